The Labute approximate surface area is 183 Å². The molecular weight excluding hydrogens is 392 g/mol. The lowest BCUT2D eigenvalue weighted by Gasteiger charge is -2.29. The van der Waals surface area contributed by atoms with Gasteiger partial charge in [0.15, 0.2) is 11.5 Å². The van der Waals surface area contributed by atoms with Gasteiger partial charge in [0.2, 0.25) is 5.91 Å². The molecule has 2 unspecified atom stereocenters. The van der Waals surface area contributed by atoms with Crippen molar-refractivity contribution < 1.29 is 19.4 Å². The Morgan fingerprint density at radius 2 is 1.81 bits per heavy atom. The first-order valence-corrected chi connectivity index (χ1v) is 11.3. The molecule has 4 atom stereocenters. The van der Waals surface area contributed by atoms with Gasteiger partial charge in [0.05, 0.1) is 6.04 Å². The molecule has 0 aromatic heterocycles. The predicted octanol–water partition coefficient (Wildman–Crippen LogP) is 2.88. The average molecular weight is 423 g/mol. The largest absolute Gasteiger partial charge is 0.486 e. The number of carbonyl (C=O) groups excluding carboxylic acids is 1. The van der Waals surface area contributed by atoms with Crippen LogP contribution < -0.4 is 14.8 Å². The number of aliphatic hydroxyl groups is 1. The lowest BCUT2D eigenvalue weighted by Crippen LogP contribution is -2.47. The second-order valence-corrected chi connectivity index (χ2v) is 8.83. The number of likely N-dealkylation sites (tertiary alicyclic amines) is 1. The van der Waals surface area contributed by atoms with Crippen LogP contribution in [0.1, 0.15) is 42.4 Å². The molecule has 0 radical (unpaired) electrons. The van der Waals surface area contributed by atoms with E-state index in [2.05, 4.69) is 22.3 Å². The molecular formula is C25H30N2O4. The highest BCUT2D eigenvalue weighted by Crippen LogP contribution is 2.47. The number of amides is 1. The van der Waals surface area contributed by atoms with E-state index in [4.69, 9.17) is 9.47 Å². The number of fused-ring (bicyclic) bond motifs is 1. The third-order valence-electron chi connectivity index (χ3n) is 6.63. The molecule has 0 spiro atoms. The van der Waals surface area contributed by atoms with Crippen molar-refractivity contribution in [2.24, 2.45) is 5.92 Å². The Morgan fingerprint density at radius 1 is 1.06 bits per heavy atom. The van der Waals surface area contributed by atoms with E-state index >= 15 is 0 Å². The van der Waals surface area contributed by atoms with Crippen LogP contribution in [0.2, 0.25) is 0 Å². The van der Waals surface area contributed by atoms with Gasteiger partial charge < -0.3 is 24.8 Å². The van der Waals surface area contributed by atoms with Crippen LogP contribution in [0.15, 0.2) is 48.5 Å². The third-order valence-corrected chi connectivity index (χ3v) is 6.63. The molecule has 1 aliphatic carbocycles. The van der Waals surface area contributed by atoms with E-state index in [-0.39, 0.29) is 23.8 Å². The molecule has 1 amide bonds. The van der Waals surface area contributed by atoms with Crippen molar-refractivity contribution >= 4 is 5.91 Å². The van der Waals surface area contributed by atoms with Crippen LogP contribution in [-0.4, -0.2) is 54.8 Å². The number of nitrogens with zero attached hydrogens (tertiary/aromatic N) is 1. The Balaban J connectivity index is 1.30. The lowest BCUT2D eigenvalue weighted by atomic mass is 10.0. The number of rotatable bonds is 7. The van der Waals surface area contributed by atoms with Gasteiger partial charge in [-0.25, -0.2) is 0 Å². The standard InChI is InChI=1S/C25H30N2O4/c28-24(18-8-9-22-23(14-18)31-13-12-30-22)21(16-27-10-4-5-11-27)26-25(29)20-15-19(20)17-6-2-1-3-7-17/h1-3,6-9,14,19-21,24,28H,4-5,10-13,15-16H2,(H,26,29)/t19?,20?,21-,24-/m1/s1. The maximum Gasteiger partial charge on any atom is 0.224 e. The van der Waals surface area contributed by atoms with Gasteiger partial charge in [0.1, 0.15) is 19.3 Å². The summed E-state index contributed by atoms with van der Waals surface area (Å²) in [6, 6.07) is 15.4. The summed E-state index contributed by atoms with van der Waals surface area (Å²) in [5.41, 5.74) is 1.95. The zero-order chi connectivity index (χ0) is 21.2. The lowest BCUT2D eigenvalue weighted by molar-refractivity contribution is -0.124. The first kappa shape index (κ1) is 20.3. The van der Waals surface area contributed by atoms with Crippen LogP contribution in [0, 0.1) is 5.92 Å². The van der Waals surface area contributed by atoms with E-state index in [1.54, 1.807) is 0 Å². The number of hydrogen-bond donors (Lipinski definition) is 2. The minimum absolute atomic E-state index is 0.0176. The van der Waals surface area contributed by atoms with Crippen LogP contribution in [0.4, 0.5) is 0 Å². The number of hydrogen-bond acceptors (Lipinski definition) is 5. The molecule has 6 heteroatoms. The van der Waals surface area contributed by atoms with E-state index in [0.717, 1.165) is 25.1 Å². The van der Waals surface area contributed by atoms with E-state index in [0.29, 0.717) is 31.3 Å². The van der Waals surface area contributed by atoms with Gasteiger partial charge in [-0.2, -0.15) is 0 Å². The SMILES string of the molecule is O=C(N[C@H](CN1CCCC1)[C@H](O)c1ccc2c(c1)OCCO2)C1CC1c1ccccc1. The molecule has 2 aromatic rings. The highest BCUT2D eigenvalue weighted by Gasteiger charge is 2.45. The molecule has 2 fully saturated rings. The smallest absolute Gasteiger partial charge is 0.224 e. The minimum Gasteiger partial charge on any atom is -0.486 e. The van der Waals surface area contributed by atoms with Crippen molar-refractivity contribution in [1.82, 2.24) is 10.2 Å². The topological polar surface area (TPSA) is 71.0 Å². The predicted molar refractivity (Wildman–Crippen MR) is 117 cm³/mol. The average Bonchev–Trinajstić information content (AvgIpc) is 3.46. The summed E-state index contributed by atoms with van der Waals surface area (Å²) in [5, 5.41) is 14.4. The molecule has 3 aliphatic rings. The Morgan fingerprint density at radius 3 is 2.58 bits per heavy atom. The highest BCUT2D eigenvalue weighted by molar-refractivity contribution is 5.83. The summed E-state index contributed by atoms with van der Waals surface area (Å²) < 4.78 is 11.3. The molecule has 2 aliphatic heterocycles. The zero-order valence-electron chi connectivity index (χ0n) is 17.7. The van der Waals surface area contributed by atoms with Crippen LogP contribution in [0.25, 0.3) is 0 Å². The molecule has 164 valence electrons. The first-order chi connectivity index (χ1) is 15.2. The Hall–Kier alpha value is -2.57. The van der Waals surface area contributed by atoms with Crippen LogP contribution in [-0.2, 0) is 4.79 Å². The monoisotopic (exact) mass is 422 g/mol. The number of carbonyl (C=O) groups is 1. The van der Waals surface area contributed by atoms with Gasteiger partial charge in [-0.05, 0) is 61.5 Å². The number of benzene rings is 2. The first-order valence-electron chi connectivity index (χ1n) is 11.3. The molecule has 2 heterocycles. The van der Waals surface area contributed by atoms with Gasteiger partial charge >= 0.3 is 0 Å². The normalized spacial score (nSPS) is 24.4. The minimum atomic E-state index is -0.811. The molecule has 2 aromatic carbocycles. The van der Waals surface area contributed by atoms with Crippen molar-refractivity contribution in [3.8, 4) is 11.5 Å². The fourth-order valence-corrected chi connectivity index (χ4v) is 4.79. The van der Waals surface area contributed by atoms with Gasteiger partial charge in [-0.1, -0.05) is 36.4 Å². The fraction of sp³-hybridized carbons (Fsp3) is 0.480. The molecule has 1 saturated heterocycles. The summed E-state index contributed by atoms with van der Waals surface area (Å²) in [7, 11) is 0. The van der Waals surface area contributed by atoms with Gasteiger partial charge in [-0.3, -0.25) is 4.79 Å². The van der Waals surface area contributed by atoms with E-state index in [1.807, 2.05) is 36.4 Å². The van der Waals surface area contributed by atoms with Crippen LogP contribution >= 0.6 is 0 Å². The van der Waals surface area contributed by atoms with Crippen LogP contribution in [0.5, 0.6) is 11.5 Å². The van der Waals surface area contributed by atoms with E-state index < -0.39 is 6.10 Å². The van der Waals surface area contributed by atoms with Gasteiger partial charge in [0.25, 0.3) is 0 Å². The van der Waals surface area contributed by atoms with Crippen LogP contribution in [0.3, 0.4) is 0 Å². The fourth-order valence-electron chi connectivity index (χ4n) is 4.79. The van der Waals surface area contributed by atoms with Crippen molar-refractivity contribution in [3.05, 3.63) is 59.7 Å². The molecule has 2 N–H and O–H groups in total. The maximum absolute atomic E-state index is 13.1. The molecule has 1 saturated carbocycles. The van der Waals surface area contributed by atoms with Crippen molar-refractivity contribution in [2.75, 3.05) is 32.8 Å². The maximum atomic E-state index is 13.1. The second-order valence-electron chi connectivity index (χ2n) is 8.83. The third kappa shape index (κ3) is 4.55. The van der Waals surface area contributed by atoms with Gasteiger partial charge in [0, 0.05) is 12.5 Å². The van der Waals surface area contributed by atoms with E-state index in [9.17, 15) is 9.90 Å². The number of nitrogens with one attached hydrogen (secondary N) is 1. The number of aliphatic hydroxyl groups excluding tert-OH is 1. The summed E-state index contributed by atoms with van der Waals surface area (Å²) in [6.07, 6.45) is 2.39. The van der Waals surface area contributed by atoms with Crippen molar-refractivity contribution in [1.29, 1.82) is 0 Å². The Kier molecular flexibility index (Phi) is 5.83. The molecule has 31 heavy (non-hydrogen) atoms. The zero-order valence-corrected chi connectivity index (χ0v) is 17.7. The summed E-state index contributed by atoms with van der Waals surface area (Å²) in [5.74, 6) is 1.65. The molecule has 6 nitrogen and oxygen atoms in total. The summed E-state index contributed by atoms with van der Waals surface area (Å²) in [6.45, 7) is 3.70. The number of ether oxygens (including phenoxy) is 2. The molecule has 5 rings (SSSR count). The van der Waals surface area contributed by atoms with Crippen molar-refractivity contribution in [3.63, 3.8) is 0 Å². The summed E-state index contributed by atoms with van der Waals surface area (Å²) in [4.78, 5) is 15.4. The summed E-state index contributed by atoms with van der Waals surface area (Å²) >= 11 is 0. The molecule has 0 bridgehead atoms. The Bertz CT molecular complexity index is 913. The van der Waals surface area contributed by atoms with Gasteiger partial charge in [-0.15, -0.1) is 0 Å². The second kappa shape index (κ2) is 8.89. The highest BCUT2D eigenvalue weighted by atomic mass is 16.6. The van der Waals surface area contributed by atoms with Crippen molar-refractivity contribution in [2.45, 2.75) is 37.3 Å². The van der Waals surface area contributed by atoms with E-state index in [1.165, 1.54) is 18.4 Å². The quantitative estimate of drug-likeness (QED) is 0.718.